The molecule has 0 aliphatic rings. The molecule has 1 heterocycles. The van der Waals surface area contributed by atoms with Gasteiger partial charge in [-0.2, -0.15) is 0 Å². The Balaban J connectivity index is 2.55. The molecule has 0 fully saturated rings. The molecule has 1 N–H and O–H groups in total. The number of rotatable bonds is 4. The van der Waals surface area contributed by atoms with Crippen molar-refractivity contribution in [2.24, 2.45) is 5.41 Å². The van der Waals surface area contributed by atoms with Crippen LogP contribution in [0.3, 0.4) is 0 Å². The van der Waals surface area contributed by atoms with Gasteiger partial charge in [0.1, 0.15) is 5.01 Å². The third kappa shape index (κ3) is 3.19. The van der Waals surface area contributed by atoms with Crippen molar-refractivity contribution in [1.29, 1.82) is 0 Å². The van der Waals surface area contributed by atoms with Crippen LogP contribution in [-0.4, -0.2) is 16.8 Å². The first kappa shape index (κ1) is 13.5. The van der Waals surface area contributed by atoms with Crippen molar-refractivity contribution in [3.8, 4) is 0 Å². The molecule has 1 aromatic rings. The Bertz CT molecular complexity index is 368. The minimum atomic E-state index is -0.525. The summed E-state index contributed by atoms with van der Waals surface area (Å²) in [4.78, 5) is 17.3. The van der Waals surface area contributed by atoms with Crippen LogP contribution in [0.5, 0.6) is 0 Å². The summed E-state index contributed by atoms with van der Waals surface area (Å²) in [5.74, 6) is 0.280. The molecule has 0 unspecified atom stereocenters. The highest BCUT2D eigenvalue weighted by Crippen LogP contribution is 2.19. The number of hydrogen-bond acceptors (Lipinski definition) is 3. The molecule has 1 rings (SSSR count). The molecule has 0 atom stereocenters. The van der Waals surface area contributed by atoms with Gasteiger partial charge >= 0.3 is 0 Å². The molecule has 0 aliphatic carbocycles. The maximum Gasteiger partial charge on any atom is 0.227 e. The van der Waals surface area contributed by atoms with Crippen LogP contribution < -0.4 is 5.32 Å². The SMILES string of the molecule is Cc1nc(CNC(=O)C(C)(C)CCl)sc1C. The summed E-state index contributed by atoms with van der Waals surface area (Å²) in [6.07, 6.45) is 0. The Morgan fingerprint density at radius 1 is 1.50 bits per heavy atom. The van der Waals surface area contributed by atoms with E-state index in [1.807, 2.05) is 27.7 Å². The number of thiazole rings is 1. The maximum absolute atomic E-state index is 11.7. The Kier molecular flexibility index (Phi) is 4.33. The highest BCUT2D eigenvalue weighted by Gasteiger charge is 2.26. The first-order valence-corrected chi connectivity index (χ1v) is 6.49. The van der Waals surface area contributed by atoms with E-state index in [9.17, 15) is 4.79 Å². The van der Waals surface area contributed by atoms with Crippen LogP contribution in [0.25, 0.3) is 0 Å². The second-order valence-corrected chi connectivity index (χ2v) is 6.00. The second kappa shape index (κ2) is 5.15. The van der Waals surface area contributed by atoms with E-state index in [4.69, 9.17) is 11.6 Å². The Hall–Kier alpha value is -0.610. The van der Waals surface area contributed by atoms with Crippen LogP contribution >= 0.6 is 22.9 Å². The highest BCUT2D eigenvalue weighted by atomic mass is 35.5. The van der Waals surface area contributed by atoms with Crippen molar-refractivity contribution < 1.29 is 4.79 Å². The lowest BCUT2D eigenvalue weighted by Crippen LogP contribution is -2.37. The minimum Gasteiger partial charge on any atom is -0.349 e. The molecule has 16 heavy (non-hydrogen) atoms. The van der Waals surface area contributed by atoms with Crippen molar-refractivity contribution >= 4 is 28.8 Å². The predicted octanol–water partition coefficient (Wildman–Crippen LogP) is 2.64. The summed E-state index contributed by atoms with van der Waals surface area (Å²) in [6, 6.07) is 0. The smallest absolute Gasteiger partial charge is 0.227 e. The summed E-state index contributed by atoms with van der Waals surface area (Å²) in [7, 11) is 0. The molecule has 1 amide bonds. The third-order valence-corrected chi connectivity index (χ3v) is 4.16. The number of halogens is 1. The first-order chi connectivity index (χ1) is 7.36. The molecule has 0 saturated heterocycles. The topological polar surface area (TPSA) is 42.0 Å². The molecular weight excluding hydrogens is 244 g/mol. The summed E-state index contributed by atoms with van der Waals surface area (Å²) < 4.78 is 0. The number of alkyl halides is 1. The van der Waals surface area contributed by atoms with Gasteiger partial charge in [-0.15, -0.1) is 22.9 Å². The summed E-state index contributed by atoms with van der Waals surface area (Å²) in [6.45, 7) is 8.14. The standard InChI is InChI=1S/C11H17ClN2OS/c1-7-8(2)16-9(14-7)5-13-10(15)11(3,4)6-12/h5-6H2,1-4H3,(H,13,15). The van der Waals surface area contributed by atoms with Crippen LogP contribution in [0.2, 0.25) is 0 Å². The Morgan fingerprint density at radius 2 is 2.12 bits per heavy atom. The molecule has 3 nitrogen and oxygen atoms in total. The Labute approximate surface area is 105 Å². The molecule has 90 valence electrons. The van der Waals surface area contributed by atoms with E-state index in [1.54, 1.807) is 11.3 Å². The molecule has 0 spiro atoms. The maximum atomic E-state index is 11.7. The fourth-order valence-corrected chi connectivity index (χ4v) is 2.07. The fourth-order valence-electron chi connectivity index (χ4n) is 1.07. The lowest BCUT2D eigenvalue weighted by Gasteiger charge is -2.19. The van der Waals surface area contributed by atoms with Gasteiger partial charge in [0, 0.05) is 10.8 Å². The monoisotopic (exact) mass is 260 g/mol. The molecule has 0 aromatic carbocycles. The zero-order valence-corrected chi connectivity index (χ0v) is 11.6. The van der Waals surface area contributed by atoms with Crippen LogP contribution in [0.4, 0.5) is 0 Å². The summed E-state index contributed by atoms with van der Waals surface area (Å²) in [5, 5.41) is 3.79. The van der Waals surface area contributed by atoms with Gasteiger partial charge in [-0.25, -0.2) is 4.98 Å². The summed E-state index contributed by atoms with van der Waals surface area (Å²) >= 11 is 7.34. The predicted molar refractivity (Wildman–Crippen MR) is 67.9 cm³/mol. The van der Waals surface area contributed by atoms with E-state index in [0.717, 1.165) is 10.7 Å². The number of hydrogen-bond donors (Lipinski definition) is 1. The van der Waals surface area contributed by atoms with Crippen LogP contribution in [0.15, 0.2) is 0 Å². The van der Waals surface area contributed by atoms with E-state index in [-0.39, 0.29) is 5.91 Å². The number of aryl methyl sites for hydroxylation is 2. The van der Waals surface area contributed by atoms with Gasteiger partial charge in [0.25, 0.3) is 0 Å². The first-order valence-electron chi connectivity index (χ1n) is 5.14. The van der Waals surface area contributed by atoms with Gasteiger partial charge in [0.15, 0.2) is 0 Å². The highest BCUT2D eigenvalue weighted by molar-refractivity contribution is 7.11. The van der Waals surface area contributed by atoms with Gasteiger partial charge in [0.05, 0.1) is 17.7 Å². The third-order valence-electron chi connectivity index (χ3n) is 2.42. The van der Waals surface area contributed by atoms with E-state index in [1.165, 1.54) is 4.88 Å². The van der Waals surface area contributed by atoms with E-state index in [0.29, 0.717) is 12.4 Å². The van der Waals surface area contributed by atoms with E-state index < -0.39 is 5.41 Å². The van der Waals surface area contributed by atoms with Crippen molar-refractivity contribution in [3.05, 3.63) is 15.6 Å². The van der Waals surface area contributed by atoms with Crippen LogP contribution in [0.1, 0.15) is 29.4 Å². The summed E-state index contributed by atoms with van der Waals surface area (Å²) in [5.41, 5.74) is 0.508. The normalized spacial score (nSPS) is 11.6. The van der Waals surface area contributed by atoms with Crippen molar-refractivity contribution in [2.45, 2.75) is 34.2 Å². The largest absolute Gasteiger partial charge is 0.349 e. The lowest BCUT2D eigenvalue weighted by molar-refractivity contribution is -0.128. The zero-order valence-electron chi connectivity index (χ0n) is 10.1. The number of carbonyl (C=O) groups is 1. The minimum absolute atomic E-state index is 0.0343. The second-order valence-electron chi connectivity index (χ2n) is 4.45. The van der Waals surface area contributed by atoms with Crippen molar-refractivity contribution in [1.82, 2.24) is 10.3 Å². The molecule has 0 saturated carbocycles. The fraction of sp³-hybridized carbons (Fsp3) is 0.636. The van der Waals surface area contributed by atoms with Crippen LogP contribution in [-0.2, 0) is 11.3 Å². The molecule has 0 bridgehead atoms. The lowest BCUT2D eigenvalue weighted by atomic mass is 9.95. The van der Waals surface area contributed by atoms with Crippen molar-refractivity contribution in [2.75, 3.05) is 5.88 Å². The quantitative estimate of drug-likeness (QED) is 0.846. The number of aromatic nitrogens is 1. The van der Waals surface area contributed by atoms with Gasteiger partial charge in [-0.05, 0) is 27.7 Å². The molecule has 1 aromatic heterocycles. The zero-order chi connectivity index (χ0) is 12.3. The number of nitrogens with one attached hydrogen (secondary N) is 1. The van der Waals surface area contributed by atoms with Gasteiger partial charge < -0.3 is 5.32 Å². The van der Waals surface area contributed by atoms with Gasteiger partial charge in [-0.3, -0.25) is 4.79 Å². The van der Waals surface area contributed by atoms with Crippen LogP contribution in [0, 0.1) is 19.3 Å². The number of carbonyl (C=O) groups excluding carboxylic acids is 1. The molecule has 0 aliphatic heterocycles. The number of amides is 1. The molecule has 0 radical (unpaired) electrons. The van der Waals surface area contributed by atoms with Crippen molar-refractivity contribution in [3.63, 3.8) is 0 Å². The van der Waals surface area contributed by atoms with Gasteiger partial charge in [0.2, 0.25) is 5.91 Å². The average molecular weight is 261 g/mol. The Morgan fingerprint density at radius 3 is 2.56 bits per heavy atom. The van der Waals surface area contributed by atoms with E-state index in [2.05, 4.69) is 10.3 Å². The van der Waals surface area contributed by atoms with E-state index >= 15 is 0 Å². The average Bonchev–Trinajstić information content (AvgIpc) is 2.55. The number of nitrogens with zero attached hydrogens (tertiary/aromatic N) is 1. The molecular formula is C11H17ClN2OS. The van der Waals surface area contributed by atoms with Gasteiger partial charge in [-0.1, -0.05) is 0 Å². The molecule has 5 heteroatoms.